The van der Waals surface area contributed by atoms with Crippen molar-refractivity contribution in [1.82, 2.24) is 4.57 Å². The molecule has 9 aromatic carbocycles. The van der Waals surface area contributed by atoms with E-state index in [2.05, 4.69) is 205 Å². The summed E-state index contributed by atoms with van der Waals surface area (Å²) in [6, 6.07) is 73.4. The lowest BCUT2D eigenvalue weighted by Gasteiger charge is -2.11. The first-order valence-electron chi connectivity index (χ1n) is 18.5. The van der Waals surface area contributed by atoms with E-state index < -0.39 is 0 Å². The molecule has 0 saturated carbocycles. The number of aromatic nitrogens is 1. The van der Waals surface area contributed by atoms with E-state index in [1.54, 1.807) is 0 Å². The van der Waals surface area contributed by atoms with E-state index >= 15 is 0 Å². The van der Waals surface area contributed by atoms with Crippen LogP contribution in [-0.2, 0) is 0 Å². The molecule has 0 atom stereocenters. The number of hydrogen-bond donors (Lipinski definition) is 0. The highest BCUT2D eigenvalue weighted by atomic mass is 32.1. The molecular weight excluding hydrogens is 671 g/mol. The first-order valence-corrected chi connectivity index (χ1v) is 19.3. The van der Waals surface area contributed by atoms with Gasteiger partial charge < -0.3 is 4.57 Å². The third-order valence-corrected chi connectivity index (χ3v) is 12.2. The van der Waals surface area contributed by atoms with Gasteiger partial charge in [-0.05, 0) is 92.2 Å². The van der Waals surface area contributed by atoms with E-state index in [4.69, 9.17) is 0 Å². The summed E-state index contributed by atoms with van der Waals surface area (Å²) in [5.74, 6) is 0. The maximum absolute atomic E-state index is 2.48. The van der Waals surface area contributed by atoms with Crippen LogP contribution < -0.4 is 0 Å². The Labute approximate surface area is 317 Å². The average Bonchev–Trinajstić information content (AvgIpc) is 3.79. The van der Waals surface area contributed by atoms with Gasteiger partial charge in [-0.1, -0.05) is 158 Å². The van der Waals surface area contributed by atoms with Crippen molar-refractivity contribution in [3.05, 3.63) is 200 Å². The van der Waals surface area contributed by atoms with Gasteiger partial charge in [-0.3, -0.25) is 0 Å². The van der Waals surface area contributed by atoms with E-state index in [9.17, 15) is 0 Å². The van der Waals surface area contributed by atoms with Gasteiger partial charge in [0.25, 0.3) is 0 Å². The monoisotopic (exact) mass is 703 g/mol. The van der Waals surface area contributed by atoms with E-state index in [0.29, 0.717) is 0 Å². The van der Waals surface area contributed by atoms with Crippen molar-refractivity contribution in [3.63, 3.8) is 0 Å². The lowest BCUT2D eigenvalue weighted by Crippen LogP contribution is -1.94. The molecule has 0 fully saturated rings. The van der Waals surface area contributed by atoms with Gasteiger partial charge in [0.2, 0.25) is 0 Å². The van der Waals surface area contributed by atoms with Crippen LogP contribution in [0.15, 0.2) is 200 Å². The lowest BCUT2D eigenvalue weighted by molar-refractivity contribution is 1.18. The van der Waals surface area contributed by atoms with E-state index in [1.165, 1.54) is 97.3 Å². The van der Waals surface area contributed by atoms with Gasteiger partial charge in [0, 0.05) is 42.2 Å². The largest absolute Gasteiger partial charge is 0.309 e. The molecule has 0 aliphatic rings. The fourth-order valence-corrected chi connectivity index (χ4v) is 9.57. The van der Waals surface area contributed by atoms with Crippen LogP contribution in [0.4, 0.5) is 0 Å². The van der Waals surface area contributed by atoms with Crippen molar-refractivity contribution in [2.45, 2.75) is 0 Å². The minimum absolute atomic E-state index is 1.16. The number of fused-ring (bicyclic) bond motifs is 8. The minimum Gasteiger partial charge on any atom is -0.309 e. The zero-order valence-corrected chi connectivity index (χ0v) is 30.2. The maximum atomic E-state index is 2.48. The SMILES string of the molecule is c1ccc(-c2ccc(-c3ccc4sc5c(-c6ccc7ccccc7c6)cc6c(c7ccc(-c8ccccc8)cc7n6-c6ccccc6)c5c4c3)cc2)cc1. The van der Waals surface area contributed by atoms with Crippen LogP contribution in [0.2, 0.25) is 0 Å². The molecule has 252 valence electrons. The smallest absolute Gasteiger partial charge is 0.0554 e. The Hall–Kier alpha value is -6.74. The first-order chi connectivity index (χ1) is 26.8. The Bertz CT molecular complexity index is 3170. The zero-order chi connectivity index (χ0) is 35.6. The summed E-state index contributed by atoms with van der Waals surface area (Å²) < 4.78 is 5.10. The molecule has 0 saturated heterocycles. The first kappa shape index (κ1) is 30.8. The molecule has 0 radical (unpaired) electrons. The van der Waals surface area contributed by atoms with Gasteiger partial charge in [-0.25, -0.2) is 0 Å². The molecule has 2 aromatic heterocycles. The highest BCUT2D eigenvalue weighted by Crippen LogP contribution is 2.49. The van der Waals surface area contributed by atoms with Crippen LogP contribution in [0.3, 0.4) is 0 Å². The number of rotatable bonds is 5. The summed E-state index contributed by atoms with van der Waals surface area (Å²) >= 11 is 1.91. The minimum atomic E-state index is 1.16. The highest BCUT2D eigenvalue weighted by molar-refractivity contribution is 7.26. The lowest BCUT2D eigenvalue weighted by atomic mass is 9.95. The molecule has 0 aliphatic carbocycles. The predicted molar refractivity (Wildman–Crippen MR) is 233 cm³/mol. The molecule has 0 N–H and O–H groups in total. The van der Waals surface area contributed by atoms with E-state index in [1.807, 2.05) is 11.3 Å². The van der Waals surface area contributed by atoms with Crippen LogP contribution in [0.25, 0.3) is 103 Å². The van der Waals surface area contributed by atoms with E-state index in [0.717, 1.165) is 5.69 Å². The Morgan fingerprint density at radius 3 is 1.63 bits per heavy atom. The summed E-state index contributed by atoms with van der Waals surface area (Å²) in [5.41, 5.74) is 13.4. The van der Waals surface area contributed by atoms with Crippen LogP contribution in [0, 0.1) is 0 Å². The molecule has 0 aliphatic heterocycles. The number of benzene rings is 9. The van der Waals surface area contributed by atoms with Crippen molar-refractivity contribution in [2.75, 3.05) is 0 Å². The quantitative estimate of drug-likeness (QED) is 0.168. The summed E-state index contributed by atoms with van der Waals surface area (Å²) in [4.78, 5) is 0. The van der Waals surface area contributed by atoms with Gasteiger partial charge >= 0.3 is 0 Å². The third kappa shape index (κ3) is 4.99. The van der Waals surface area contributed by atoms with Crippen LogP contribution >= 0.6 is 11.3 Å². The molecular formula is C52H33NS. The van der Waals surface area contributed by atoms with Gasteiger partial charge in [0.1, 0.15) is 0 Å². The Morgan fingerprint density at radius 2 is 0.889 bits per heavy atom. The van der Waals surface area contributed by atoms with Crippen molar-refractivity contribution >= 4 is 64.1 Å². The summed E-state index contributed by atoms with van der Waals surface area (Å²) in [6.45, 7) is 0. The number of hydrogen-bond acceptors (Lipinski definition) is 1. The number of thiophene rings is 1. The zero-order valence-electron chi connectivity index (χ0n) is 29.4. The van der Waals surface area contributed by atoms with Crippen LogP contribution in [0.1, 0.15) is 0 Å². The molecule has 0 amide bonds. The van der Waals surface area contributed by atoms with Gasteiger partial charge in [0.05, 0.1) is 11.0 Å². The predicted octanol–water partition coefficient (Wildman–Crippen LogP) is 15.0. The van der Waals surface area contributed by atoms with Crippen molar-refractivity contribution in [3.8, 4) is 50.2 Å². The fourth-order valence-electron chi connectivity index (χ4n) is 8.35. The molecule has 0 unspecified atom stereocenters. The molecule has 1 nitrogen and oxygen atoms in total. The van der Waals surface area contributed by atoms with Gasteiger partial charge in [-0.15, -0.1) is 11.3 Å². The molecule has 0 bridgehead atoms. The van der Waals surface area contributed by atoms with Crippen LogP contribution in [-0.4, -0.2) is 4.57 Å². The molecule has 11 aromatic rings. The number of para-hydroxylation sites is 1. The molecule has 2 heteroatoms. The van der Waals surface area contributed by atoms with Crippen molar-refractivity contribution < 1.29 is 0 Å². The van der Waals surface area contributed by atoms with E-state index in [-0.39, 0.29) is 0 Å². The molecule has 11 rings (SSSR count). The molecule has 2 heterocycles. The molecule has 0 spiro atoms. The van der Waals surface area contributed by atoms with Gasteiger partial charge in [-0.2, -0.15) is 0 Å². The van der Waals surface area contributed by atoms with Crippen LogP contribution in [0.5, 0.6) is 0 Å². The topological polar surface area (TPSA) is 4.93 Å². The summed E-state index contributed by atoms with van der Waals surface area (Å²) in [6.07, 6.45) is 0. The summed E-state index contributed by atoms with van der Waals surface area (Å²) in [7, 11) is 0. The normalized spacial score (nSPS) is 11.7. The van der Waals surface area contributed by atoms with Gasteiger partial charge in [0.15, 0.2) is 0 Å². The third-order valence-electron chi connectivity index (χ3n) is 11.0. The fraction of sp³-hybridized carbons (Fsp3) is 0. The Morgan fingerprint density at radius 1 is 0.333 bits per heavy atom. The Balaban J connectivity index is 1.23. The number of nitrogens with zero attached hydrogens (tertiary/aromatic N) is 1. The second kappa shape index (κ2) is 12.4. The standard InChI is InChI=1S/C52H33NS/c1-4-12-34(13-5-1)37-20-22-38(23-21-37)40-27-29-49-46(31-40)51-50-44-28-26-41(35-14-6-2-7-15-35)32-47(44)53(43-18-8-3-9-19-43)48(50)33-45(52(51)54-49)42-25-24-36-16-10-11-17-39(36)30-42/h1-33H. The second-order valence-corrected chi connectivity index (χ2v) is 15.2. The average molecular weight is 704 g/mol. The van der Waals surface area contributed by atoms with Crippen molar-refractivity contribution in [1.29, 1.82) is 0 Å². The highest BCUT2D eigenvalue weighted by Gasteiger charge is 2.22. The maximum Gasteiger partial charge on any atom is 0.0554 e. The summed E-state index contributed by atoms with van der Waals surface area (Å²) in [5, 5.41) is 7.69. The second-order valence-electron chi connectivity index (χ2n) is 14.1. The Kier molecular flexibility index (Phi) is 7.11. The van der Waals surface area contributed by atoms with Crippen molar-refractivity contribution in [2.24, 2.45) is 0 Å². The molecule has 54 heavy (non-hydrogen) atoms.